The van der Waals surface area contributed by atoms with Crippen molar-refractivity contribution < 1.29 is 13.2 Å². The second kappa shape index (κ2) is 5.64. The molecule has 0 aliphatic rings. The molecule has 0 saturated carbocycles. The number of nitrogens with zero attached hydrogens (tertiary/aromatic N) is 2. The fourth-order valence-electron chi connectivity index (χ4n) is 1.30. The minimum atomic E-state index is -4.49. The molecule has 0 fully saturated rings. The van der Waals surface area contributed by atoms with Gasteiger partial charge >= 0.3 is 6.18 Å². The number of halogens is 3. The van der Waals surface area contributed by atoms with Crippen molar-refractivity contribution in [2.45, 2.75) is 19.1 Å². The van der Waals surface area contributed by atoms with E-state index in [2.05, 4.69) is 10.3 Å². The van der Waals surface area contributed by atoms with Gasteiger partial charge in [0.1, 0.15) is 0 Å². The van der Waals surface area contributed by atoms with Gasteiger partial charge in [-0.1, -0.05) is 0 Å². The Hall–Kier alpha value is -1.61. The molecule has 3 nitrogen and oxygen atoms in total. The number of aromatic nitrogens is 1. The second-order valence-electron chi connectivity index (χ2n) is 3.63. The lowest BCUT2D eigenvalue weighted by Crippen LogP contribution is -2.33. The quantitative estimate of drug-likeness (QED) is 0.883. The molecule has 6 heteroatoms. The van der Waals surface area contributed by atoms with Gasteiger partial charge in [0.15, 0.2) is 5.92 Å². The first kappa shape index (κ1) is 13.5. The van der Waals surface area contributed by atoms with Crippen molar-refractivity contribution in [1.29, 1.82) is 5.26 Å². The topological polar surface area (TPSA) is 48.7 Å². The van der Waals surface area contributed by atoms with Gasteiger partial charge in [0.2, 0.25) is 0 Å². The second-order valence-corrected chi connectivity index (χ2v) is 3.63. The molecule has 0 radical (unpaired) electrons. The Labute approximate surface area is 97.3 Å². The Morgan fingerprint density at radius 1 is 1.41 bits per heavy atom. The minimum absolute atomic E-state index is 0.254. The average Bonchev–Trinajstić information content (AvgIpc) is 2.29. The molecular weight excluding hydrogens is 231 g/mol. The van der Waals surface area contributed by atoms with E-state index in [1.165, 1.54) is 6.07 Å². The zero-order valence-corrected chi connectivity index (χ0v) is 9.20. The van der Waals surface area contributed by atoms with E-state index in [-0.39, 0.29) is 6.04 Å². The van der Waals surface area contributed by atoms with Crippen LogP contribution in [0.4, 0.5) is 13.2 Å². The summed E-state index contributed by atoms with van der Waals surface area (Å²) in [5.74, 6) is -1.98. The molecule has 1 aromatic heterocycles. The standard InChI is InChI=1S/C11H12F3N3/c1-8(9-2-4-16-5-3-9)17-7-10(6-15)11(12,13)14/h2-5,8,10,17H,7H2,1H3/t8-,10?/m0/s1. The third-order valence-electron chi connectivity index (χ3n) is 2.39. The van der Waals surface area contributed by atoms with E-state index in [0.29, 0.717) is 0 Å². The highest BCUT2D eigenvalue weighted by atomic mass is 19.4. The van der Waals surface area contributed by atoms with E-state index in [4.69, 9.17) is 5.26 Å². The van der Waals surface area contributed by atoms with E-state index in [9.17, 15) is 13.2 Å². The Balaban J connectivity index is 2.54. The number of rotatable bonds is 4. The molecule has 1 rings (SSSR count). The Kier molecular flexibility index (Phi) is 4.46. The van der Waals surface area contributed by atoms with Crippen LogP contribution in [0.1, 0.15) is 18.5 Å². The Bertz CT molecular complexity index is 383. The van der Waals surface area contributed by atoms with E-state index >= 15 is 0 Å². The van der Waals surface area contributed by atoms with Gasteiger partial charge in [-0.3, -0.25) is 4.98 Å². The van der Waals surface area contributed by atoms with Crippen LogP contribution in [0, 0.1) is 17.2 Å². The van der Waals surface area contributed by atoms with Crippen molar-refractivity contribution >= 4 is 0 Å². The summed E-state index contributed by atoms with van der Waals surface area (Å²) >= 11 is 0. The lowest BCUT2D eigenvalue weighted by atomic mass is 10.1. The predicted molar refractivity (Wildman–Crippen MR) is 55.8 cm³/mol. The van der Waals surface area contributed by atoms with Crippen molar-refractivity contribution in [2.24, 2.45) is 5.92 Å². The van der Waals surface area contributed by atoms with Crippen LogP contribution in [0.25, 0.3) is 0 Å². The van der Waals surface area contributed by atoms with Gasteiger partial charge < -0.3 is 5.32 Å². The molecule has 0 aliphatic carbocycles. The monoisotopic (exact) mass is 243 g/mol. The number of hydrogen-bond donors (Lipinski definition) is 1. The summed E-state index contributed by atoms with van der Waals surface area (Å²) in [5.41, 5.74) is 0.832. The highest BCUT2D eigenvalue weighted by molar-refractivity contribution is 5.14. The third kappa shape index (κ3) is 4.04. The molecule has 0 amide bonds. The first-order valence-corrected chi connectivity index (χ1v) is 5.04. The number of hydrogen-bond acceptors (Lipinski definition) is 3. The van der Waals surface area contributed by atoms with Gasteiger partial charge in [0.05, 0.1) is 6.07 Å². The highest BCUT2D eigenvalue weighted by Gasteiger charge is 2.39. The van der Waals surface area contributed by atoms with Crippen molar-refractivity contribution in [3.05, 3.63) is 30.1 Å². The summed E-state index contributed by atoms with van der Waals surface area (Å²) in [4.78, 5) is 3.82. The van der Waals surface area contributed by atoms with Gasteiger partial charge in [-0.2, -0.15) is 18.4 Å². The first-order valence-electron chi connectivity index (χ1n) is 5.04. The van der Waals surface area contributed by atoms with E-state index < -0.39 is 18.6 Å². The fourth-order valence-corrected chi connectivity index (χ4v) is 1.30. The summed E-state index contributed by atoms with van der Waals surface area (Å²) in [6, 6.07) is 4.43. The van der Waals surface area contributed by atoms with Crippen LogP contribution in [-0.4, -0.2) is 17.7 Å². The van der Waals surface area contributed by atoms with Crippen LogP contribution in [-0.2, 0) is 0 Å². The van der Waals surface area contributed by atoms with Gasteiger partial charge in [-0.25, -0.2) is 0 Å². The molecule has 17 heavy (non-hydrogen) atoms. The van der Waals surface area contributed by atoms with Gasteiger partial charge in [0.25, 0.3) is 0 Å². The molecule has 0 aromatic carbocycles. The first-order chi connectivity index (χ1) is 7.95. The van der Waals surface area contributed by atoms with Gasteiger partial charge in [-0.15, -0.1) is 0 Å². The van der Waals surface area contributed by atoms with Crippen LogP contribution in [0.2, 0.25) is 0 Å². The largest absolute Gasteiger partial charge is 0.405 e. The maximum absolute atomic E-state index is 12.3. The summed E-state index contributed by atoms with van der Waals surface area (Å²) in [7, 11) is 0. The van der Waals surface area contributed by atoms with E-state index in [0.717, 1.165) is 5.56 Å². The molecule has 1 N–H and O–H groups in total. The normalized spacial score (nSPS) is 15.0. The third-order valence-corrected chi connectivity index (χ3v) is 2.39. The lowest BCUT2D eigenvalue weighted by Gasteiger charge is -2.18. The minimum Gasteiger partial charge on any atom is -0.309 e. The molecule has 0 saturated heterocycles. The molecule has 2 atom stereocenters. The SMILES string of the molecule is C[C@H](NCC(C#N)C(F)(F)F)c1ccncc1. The molecule has 0 spiro atoms. The molecule has 1 aromatic rings. The van der Waals surface area contributed by atoms with E-state index in [1.807, 2.05) is 0 Å². The molecule has 92 valence electrons. The fraction of sp³-hybridized carbons (Fsp3) is 0.455. The Morgan fingerprint density at radius 3 is 2.47 bits per heavy atom. The molecule has 1 unspecified atom stereocenters. The van der Waals surface area contributed by atoms with E-state index in [1.54, 1.807) is 31.5 Å². The molecule has 0 aliphatic heterocycles. The average molecular weight is 243 g/mol. The number of alkyl halides is 3. The number of nitriles is 1. The lowest BCUT2D eigenvalue weighted by molar-refractivity contribution is -0.157. The summed E-state index contributed by atoms with van der Waals surface area (Å²) < 4.78 is 36.9. The molecular formula is C11H12F3N3. The van der Waals surface area contributed by atoms with Crippen molar-refractivity contribution in [1.82, 2.24) is 10.3 Å². The van der Waals surface area contributed by atoms with Crippen molar-refractivity contribution in [3.8, 4) is 6.07 Å². The van der Waals surface area contributed by atoms with Crippen LogP contribution >= 0.6 is 0 Å². The van der Waals surface area contributed by atoms with Crippen LogP contribution < -0.4 is 5.32 Å². The Morgan fingerprint density at radius 2 is 2.00 bits per heavy atom. The number of pyridine rings is 1. The van der Waals surface area contributed by atoms with Gasteiger partial charge in [-0.05, 0) is 24.6 Å². The summed E-state index contributed by atoms with van der Waals surface area (Å²) in [6.45, 7) is 1.32. The van der Waals surface area contributed by atoms with Crippen LogP contribution in [0.5, 0.6) is 0 Å². The number of nitrogens with one attached hydrogen (secondary N) is 1. The molecule has 0 bridgehead atoms. The maximum atomic E-state index is 12.3. The molecule has 1 heterocycles. The zero-order chi connectivity index (χ0) is 12.9. The van der Waals surface area contributed by atoms with Crippen LogP contribution in [0.3, 0.4) is 0 Å². The predicted octanol–water partition coefficient (Wildman–Crippen LogP) is 2.43. The van der Waals surface area contributed by atoms with Crippen molar-refractivity contribution in [3.63, 3.8) is 0 Å². The smallest absolute Gasteiger partial charge is 0.309 e. The van der Waals surface area contributed by atoms with Crippen molar-refractivity contribution in [2.75, 3.05) is 6.54 Å². The maximum Gasteiger partial charge on any atom is 0.405 e. The zero-order valence-electron chi connectivity index (χ0n) is 9.20. The summed E-state index contributed by atoms with van der Waals surface area (Å²) in [5, 5.41) is 11.1. The van der Waals surface area contributed by atoms with Gasteiger partial charge in [0, 0.05) is 25.0 Å². The highest BCUT2D eigenvalue weighted by Crippen LogP contribution is 2.25. The summed E-state index contributed by atoms with van der Waals surface area (Å²) in [6.07, 6.45) is -1.35. The van der Waals surface area contributed by atoms with Crippen LogP contribution in [0.15, 0.2) is 24.5 Å².